The van der Waals surface area contributed by atoms with Crippen LogP contribution < -0.4 is 0 Å². The van der Waals surface area contributed by atoms with Crippen molar-refractivity contribution in [2.24, 2.45) is 0 Å². The number of hydrogen-bond donors (Lipinski definition) is 0. The van der Waals surface area contributed by atoms with E-state index in [2.05, 4.69) is 17.1 Å². The fourth-order valence-electron chi connectivity index (χ4n) is 0.633. The average molecular weight is 126 g/mol. The molecule has 1 aromatic heterocycles. The highest BCUT2D eigenvalue weighted by Gasteiger charge is 1.94. The molecule has 0 aliphatic rings. The molecule has 0 amide bonds. The number of nitrogens with zero attached hydrogens (tertiary/aromatic N) is 2. The van der Waals surface area contributed by atoms with Crippen LogP contribution >= 0.6 is 0 Å². The maximum absolute atomic E-state index is 4.91. The standard InChI is InChI=1S/C6H10N2O/c1-2-3-4-6-8-7-5-9-6/h5H,2-4H2,1H3. The first-order valence-electron chi connectivity index (χ1n) is 3.18. The van der Waals surface area contributed by atoms with Crippen LogP contribution in [0.1, 0.15) is 25.7 Å². The van der Waals surface area contributed by atoms with Crippen LogP contribution in [0.4, 0.5) is 0 Å². The molecule has 0 saturated carbocycles. The van der Waals surface area contributed by atoms with Crippen molar-refractivity contribution in [2.45, 2.75) is 26.2 Å². The zero-order valence-electron chi connectivity index (χ0n) is 5.50. The molecule has 0 aromatic carbocycles. The van der Waals surface area contributed by atoms with Gasteiger partial charge in [-0.1, -0.05) is 13.3 Å². The Morgan fingerprint density at radius 3 is 3.11 bits per heavy atom. The largest absolute Gasteiger partial charge is 0.428 e. The summed E-state index contributed by atoms with van der Waals surface area (Å²) in [6, 6.07) is 0. The van der Waals surface area contributed by atoms with Crippen molar-refractivity contribution in [3.8, 4) is 0 Å². The Balaban J connectivity index is 2.30. The number of rotatable bonds is 3. The molecule has 0 radical (unpaired) electrons. The number of aromatic nitrogens is 2. The lowest BCUT2D eigenvalue weighted by Crippen LogP contribution is -1.83. The molecule has 1 rings (SSSR count). The molecular weight excluding hydrogens is 116 g/mol. The number of hydrogen-bond acceptors (Lipinski definition) is 3. The molecule has 0 N–H and O–H groups in total. The zero-order chi connectivity index (χ0) is 6.53. The predicted molar refractivity (Wildman–Crippen MR) is 32.9 cm³/mol. The summed E-state index contributed by atoms with van der Waals surface area (Å²) in [6.45, 7) is 2.14. The van der Waals surface area contributed by atoms with Crippen molar-refractivity contribution in [1.29, 1.82) is 0 Å². The molecular formula is C6H10N2O. The van der Waals surface area contributed by atoms with Gasteiger partial charge in [-0.3, -0.25) is 0 Å². The van der Waals surface area contributed by atoms with Gasteiger partial charge in [0.15, 0.2) is 0 Å². The normalized spacial score (nSPS) is 9.89. The summed E-state index contributed by atoms with van der Waals surface area (Å²) in [5, 5.41) is 7.30. The van der Waals surface area contributed by atoms with Gasteiger partial charge >= 0.3 is 0 Å². The van der Waals surface area contributed by atoms with E-state index < -0.39 is 0 Å². The van der Waals surface area contributed by atoms with E-state index in [0.717, 1.165) is 18.7 Å². The molecule has 3 heteroatoms. The molecule has 0 aliphatic carbocycles. The third-order valence-corrected chi connectivity index (χ3v) is 1.15. The minimum atomic E-state index is 0.747. The average Bonchev–Trinajstić information content (AvgIpc) is 2.34. The van der Waals surface area contributed by atoms with Crippen molar-refractivity contribution < 1.29 is 4.42 Å². The Bertz CT molecular complexity index is 148. The monoisotopic (exact) mass is 126 g/mol. The van der Waals surface area contributed by atoms with E-state index in [1.54, 1.807) is 0 Å². The lowest BCUT2D eigenvalue weighted by Gasteiger charge is -1.87. The second kappa shape index (κ2) is 3.22. The minimum Gasteiger partial charge on any atom is -0.428 e. The Labute approximate surface area is 54.1 Å². The van der Waals surface area contributed by atoms with Crippen LogP contribution in [0.5, 0.6) is 0 Å². The molecule has 1 aromatic rings. The third-order valence-electron chi connectivity index (χ3n) is 1.15. The molecule has 0 bridgehead atoms. The summed E-state index contributed by atoms with van der Waals surface area (Å²) in [5.41, 5.74) is 0. The maximum atomic E-state index is 4.91. The minimum absolute atomic E-state index is 0.747. The summed E-state index contributed by atoms with van der Waals surface area (Å²) in [5.74, 6) is 0.747. The van der Waals surface area contributed by atoms with Gasteiger partial charge < -0.3 is 4.42 Å². The molecule has 0 fully saturated rings. The van der Waals surface area contributed by atoms with Crippen molar-refractivity contribution in [2.75, 3.05) is 0 Å². The summed E-state index contributed by atoms with van der Waals surface area (Å²) >= 11 is 0. The highest BCUT2D eigenvalue weighted by molar-refractivity contribution is 4.71. The van der Waals surface area contributed by atoms with Crippen LogP contribution in [0.25, 0.3) is 0 Å². The van der Waals surface area contributed by atoms with Crippen LogP contribution in [0.3, 0.4) is 0 Å². The van der Waals surface area contributed by atoms with Crippen LogP contribution in [0, 0.1) is 0 Å². The topological polar surface area (TPSA) is 38.9 Å². The van der Waals surface area contributed by atoms with Crippen LogP contribution in [0.2, 0.25) is 0 Å². The highest BCUT2D eigenvalue weighted by atomic mass is 16.4. The van der Waals surface area contributed by atoms with E-state index in [1.165, 1.54) is 12.8 Å². The Morgan fingerprint density at radius 2 is 2.56 bits per heavy atom. The van der Waals surface area contributed by atoms with Gasteiger partial charge in [0, 0.05) is 6.42 Å². The van der Waals surface area contributed by atoms with E-state index in [0.29, 0.717) is 0 Å². The van der Waals surface area contributed by atoms with Crippen molar-refractivity contribution >= 4 is 0 Å². The fraction of sp³-hybridized carbons (Fsp3) is 0.667. The number of unbranched alkanes of at least 4 members (excludes halogenated alkanes) is 1. The first kappa shape index (κ1) is 6.26. The van der Waals surface area contributed by atoms with Crippen LogP contribution in [0.15, 0.2) is 10.8 Å². The molecule has 3 nitrogen and oxygen atoms in total. The second-order valence-corrected chi connectivity index (χ2v) is 1.94. The van der Waals surface area contributed by atoms with E-state index >= 15 is 0 Å². The van der Waals surface area contributed by atoms with E-state index in [1.807, 2.05) is 0 Å². The van der Waals surface area contributed by atoms with Crippen molar-refractivity contribution in [1.82, 2.24) is 10.2 Å². The molecule has 0 aliphatic heterocycles. The second-order valence-electron chi connectivity index (χ2n) is 1.94. The lowest BCUT2D eigenvalue weighted by molar-refractivity contribution is 0.484. The quantitative estimate of drug-likeness (QED) is 0.614. The third kappa shape index (κ3) is 1.83. The number of aryl methyl sites for hydroxylation is 1. The Morgan fingerprint density at radius 1 is 1.67 bits per heavy atom. The molecule has 0 unspecified atom stereocenters. The van der Waals surface area contributed by atoms with Gasteiger partial charge in [0.05, 0.1) is 0 Å². The molecule has 1 heterocycles. The van der Waals surface area contributed by atoms with Gasteiger partial charge in [0.2, 0.25) is 12.3 Å². The van der Waals surface area contributed by atoms with Gasteiger partial charge in [-0.2, -0.15) is 0 Å². The van der Waals surface area contributed by atoms with Gasteiger partial charge in [-0.15, -0.1) is 10.2 Å². The van der Waals surface area contributed by atoms with E-state index in [-0.39, 0.29) is 0 Å². The summed E-state index contributed by atoms with van der Waals surface area (Å²) in [4.78, 5) is 0. The first-order valence-corrected chi connectivity index (χ1v) is 3.18. The predicted octanol–water partition coefficient (Wildman–Crippen LogP) is 1.41. The van der Waals surface area contributed by atoms with Crippen LogP contribution in [-0.2, 0) is 6.42 Å². The maximum Gasteiger partial charge on any atom is 0.216 e. The molecule has 9 heavy (non-hydrogen) atoms. The van der Waals surface area contributed by atoms with Crippen molar-refractivity contribution in [3.05, 3.63) is 12.3 Å². The Kier molecular flexibility index (Phi) is 2.24. The summed E-state index contributed by atoms with van der Waals surface area (Å²) < 4.78 is 4.91. The highest BCUT2D eigenvalue weighted by Crippen LogP contribution is 1.98. The smallest absolute Gasteiger partial charge is 0.216 e. The van der Waals surface area contributed by atoms with Gasteiger partial charge in [0.25, 0.3) is 0 Å². The van der Waals surface area contributed by atoms with Crippen LogP contribution in [-0.4, -0.2) is 10.2 Å². The SMILES string of the molecule is CCCCc1nnco1. The molecule has 0 atom stereocenters. The van der Waals surface area contributed by atoms with Gasteiger partial charge in [-0.25, -0.2) is 0 Å². The lowest BCUT2D eigenvalue weighted by atomic mass is 10.2. The van der Waals surface area contributed by atoms with Crippen molar-refractivity contribution in [3.63, 3.8) is 0 Å². The zero-order valence-corrected chi connectivity index (χ0v) is 5.50. The first-order chi connectivity index (χ1) is 4.43. The van der Waals surface area contributed by atoms with E-state index in [4.69, 9.17) is 4.42 Å². The van der Waals surface area contributed by atoms with Gasteiger partial charge in [-0.05, 0) is 6.42 Å². The molecule has 50 valence electrons. The van der Waals surface area contributed by atoms with E-state index in [9.17, 15) is 0 Å². The Hall–Kier alpha value is -0.860. The van der Waals surface area contributed by atoms with Gasteiger partial charge in [0.1, 0.15) is 0 Å². The molecule has 0 saturated heterocycles. The molecule has 0 spiro atoms. The fourth-order valence-corrected chi connectivity index (χ4v) is 0.633. The summed E-state index contributed by atoms with van der Waals surface area (Å²) in [6.07, 6.45) is 4.58. The summed E-state index contributed by atoms with van der Waals surface area (Å²) in [7, 11) is 0.